The van der Waals surface area contributed by atoms with Gasteiger partial charge in [0.2, 0.25) is 0 Å². The van der Waals surface area contributed by atoms with Crippen molar-refractivity contribution in [3.05, 3.63) is 57.5 Å². The molecule has 1 nitrogen and oxygen atoms in total. The minimum atomic E-state index is -0.161. The Labute approximate surface area is 112 Å². The van der Waals surface area contributed by atoms with E-state index < -0.39 is 0 Å². The highest BCUT2D eigenvalue weighted by Crippen LogP contribution is 2.23. The Morgan fingerprint density at radius 1 is 1.33 bits per heavy atom. The third-order valence-electron chi connectivity index (χ3n) is 3.27. The lowest BCUT2D eigenvalue weighted by atomic mass is 9.96. The van der Waals surface area contributed by atoms with Gasteiger partial charge in [-0.15, -0.1) is 0 Å². The molecule has 1 atom stereocenters. The molecule has 0 radical (unpaired) electrons. The monoisotopic (exact) mass is 263 g/mol. The van der Waals surface area contributed by atoms with Gasteiger partial charge in [-0.3, -0.25) is 0 Å². The standard InChI is InChI=1S/C15H18FNS/c1-11-3-5-13(16)9-14(11)15(17-2)6-4-12-7-8-18-10-12/h3,5,7-10,15,17H,4,6H2,1-2H3. The van der Waals surface area contributed by atoms with Crippen LogP contribution in [0.15, 0.2) is 35.0 Å². The third kappa shape index (κ3) is 3.18. The Bertz CT molecular complexity index is 493. The van der Waals surface area contributed by atoms with Crippen LogP contribution in [-0.4, -0.2) is 7.05 Å². The maximum atomic E-state index is 13.3. The number of halogens is 1. The van der Waals surface area contributed by atoms with E-state index >= 15 is 0 Å². The van der Waals surface area contributed by atoms with Crippen molar-refractivity contribution in [3.8, 4) is 0 Å². The molecule has 0 saturated carbocycles. The Hall–Kier alpha value is -1.19. The molecule has 0 amide bonds. The zero-order chi connectivity index (χ0) is 13.0. The summed E-state index contributed by atoms with van der Waals surface area (Å²) in [5.41, 5.74) is 3.56. The number of rotatable bonds is 5. The molecule has 1 heterocycles. The summed E-state index contributed by atoms with van der Waals surface area (Å²) >= 11 is 1.72. The molecule has 0 spiro atoms. The normalized spacial score (nSPS) is 12.6. The first-order valence-electron chi connectivity index (χ1n) is 6.15. The topological polar surface area (TPSA) is 12.0 Å². The predicted molar refractivity (Wildman–Crippen MR) is 75.6 cm³/mol. The van der Waals surface area contributed by atoms with Gasteiger partial charge in [0.25, 0.3) is 0 Å². The summed E-state index contributed by atoms with van der Waals surface area (Å²) < 4.78 is 13.3. The van der Waals surface area contributed by atoms with E-state index in [9.17, 15) is 4.39 Å². The number of aryl methyl sites for hydroxylation is 2. The fourth-order valence-corrected chi connectivity index (χ4v) is 2.89. The molecule has 0 saturated heterocycles. The van der Waals surface area contributed by atoms with E-state index in [-0.39, 0.29) is 11.9 Å². The van der Waals surface area contributed by atoms with E-state index in [1.54, 1.807) is 17.4 Å². The van der Waals surface area contributed by atoms with Crippen molar-refractivity contribution in [2.24, 2.45) is 0 Å². The molecule has 2 rings (SSSR count). The van der Waals surface area contributed by atoms with Gasteiger partial charge in [0.1, 0.15) is 5.82 Å². The number of benzene rings is 1. The maximum Gasteiger partial charge on any atom is 0.123 e. The first-order valence-corrected chi connectivity index (χ1v) is 7.09. The average molecular weight is 263 g/mol. The van der Waals surface area contributed by atoms with Gasteiger partial charge in [-0.1, -0.05) is 6.07 Å². The molecular weight excluding hydrogens is 245 g/mol. The van der Waals surface area contributed by atoms with E-state index in [2.05, 4.69) is 22.1 Å². The lowest BCUT2D eigenvalue weighted by Gasteiger charge is -2.18. The van der Waals surface area contributed by atoms with Gasteiger partial charge in [-0.2, -0.15) is 11.3 Å². The van der Waals surface area contributed by atoms with Gasteiger partial charge in [0.05, 0.1) is 0 Å². The minimum Gasteiger partial charge on any atom is -0.313 e. The highest BCUT2D eigenvalue weighted by atomic mass is 32.1. The first kappa shape index (κ1) is 13.2. The summed E-state index contributed by atoms with van der Waals surface area (Å²) in [5, 5.41) is 7.55. The molecule has 3 heteroatoms. The molecular formula is C15H18FNS. The van der Waals surface area contributed by atoms with Crippen molar-refractivity contribution in [1.29, 1.82) is 0 Å². The van der Waals surface area contributed by atoms with Gasteiger partial charge in [0.15, 0.2) is 0 Å². The van der Waals surface area contributed by atoms with E-state index in [0.717, 1.165) is 24.0 Å². The zero-order valence-electron chi connectivity index (χ0n) is 10.7. The number of hydrogen-bond acceptors (Lipinski definition) is 2. The van der Waals surface area contributed by atoms with Gasteiger partial charge in [-0.05, 0) is 72.5 Å². The van der Waals surface area contributed by atoms with E-state index in [1.807, 2.05) is 20.0 Å². The van der Waals surface area contributed by atoms with Crippen molar-refractivity contribution in [3.63, 3.8) is 0 Å². The molecule has 0 aliphatic rings. The fraction of sp³-hybridized carbons (Fsp3) is 0.333. The average Bonchev–Trinajstić information content (AvgIpc) is 2.87. The summed E-state index contributed by atoms with van der Waals surface area (Å²) in [6, 6.07) is 7.37. The molecule has 1 N–H and O–H groups in total. The van der Waals surface area contributed by atoms with Crippen LogP contribution in [0.25, 0.3) is 0 Å². The Kier molecular flexibility index (Phi) is 4.50. The number of hydrogen-bond donors (Lipinski definition) is 1. The zero-order valence-corrected chi connectivity index (χ0v) is 11.6. The van der Waals surface area contributed by atoms with Gasteiger partial charge in [0, 0.05) is 6.04 Å². The van der Waals surface area contributed by atoms with Crippen molar-refractivity contribution >= 4 is 11.3 Å². The van der Waals surface area contributed by atoms with Crippen molar-refractivity contribution in [2.75, 3.05) is 7.05 Å². The molecule has 96 valence electrons. The predicted octanol–water partition coefficient (Wildman–Crippen LogP) is 4.09. The van der Waals surface area contributed by atoms with Crippen molar-refractivity contribution < 1.29 is 4.39 Å². The molecule has 18 heavy (non-hydrogen) atoms. The van der Waals surface area contributed by atoms with Gasteiger partial charge >= 0.3 is 0 Å². The first-order chi connectivity index (χ1) is 8.70. The van der Waals surface area contributed by atoms with Crippen LogP contribution in [0.1, 0.15) is 29.2 Å². The fourth-order valence-electron chi connectivity index (χ4n) is 2.19. The van der Waals surface area contributed by atoms with Crippen LogP contribution >= 0.6 is 11.3 Å². The molecule has 0 aliphatic carbocycles. The second-order valence-corrected chi connectivity index (χ2v) is 5.29. The summed E-state index contributed by atoms with van der Waals surface area (Å²) in [5.74, 6) is -0.161. The molecule has 1 aromatic heterocycles. The minimum absolute atomic E-state index is 0.161. The molecule has 0 bridgehead atoms. The Balaban J connectivity index is 2.10. The third-order valence-corrected chi connectivity index (χ3v) is 4.00. The molecule has 0 fully saturated rings. The SMILES string of the molecule is CNC(CCc1ccsc1)c1cc(F)ccc1C. The Morgan fingerprint density at radius 3 is 2.83 bits per heavy atom. The quantitative estimate of drug-likeness (QED) is 0.856. The molecule has 2 aromatic rings. The summed E-state index contributed by atoms with van der Waals surface area (Å²) in [4.78, 5) is 0. The van der Waals surface area contributed by atoms with Crippen molar-refractivity contribution in [1.82, 2.24) is 5.32 Å². The lowest BCUT2D eigenvalue weighted by molar-refractivity contribution is 0.539. The van der Waals surface area contributed by atoms with Crippen LogP contribution in [0.2, 0.25) is 0 Å². The summed E-state index contributed by atoms with van der Waals surface area (Å²) in [7, 11) is 1.93. The molecule has 1 aromatic carbocycles. The summed E-state index contributed by atoms with van der Waals surface area (Å²) in [6.07, 6.45) is 2.00. The van der Waals surface area contributed by atoms with Crippen LogP contribution < -0.4 is 5.32 Å². The van der Waals surface area contributed by atoms with Crippen LogP contribution in [-0.2, 0) is 6.42 Å². The number of thiophene rings is 1. The van der Waals surface area contributed by atoms with E-state index in [1.165, 1.54) is 11.6 Å². The van der Waals surface area contributed by atoms with Crippen LogP contribution in [0.4, 0.5) is 4.39 Å². The highest BCUT2D eigenvalue weighted by molar-refractivity contribution is 7.07. The van der Waals surface area contributed by atoms with Gasteiger partial charge in [-0.25, -0.2) is 4.39 Å². The summed E-state index contributed by atoms with van der Waals surface area (Å²) in [6.45, 7) is 2.03. The van der Waals surface area contributed by atoms with Crippen LogP contribution in [0.3, 0.4) is 0 Å². The number of nitrogens with one attached hydrogen (secondary N) is 1. The largest absolute Gasteiger partial charge is 0.313 e. The van der Waals surface area contributed by atoms with Crippen molar-refractivity contribution in [2.45, 2.75) is 25.8 Å². The van der Waals surface area contributed by atoms with Crippen LogP contribution in [0, 0.1) is 12.7 Å². The smallest absolute Gasteiger partial charge is 0.123 e. The molecule has 0 aliphatic heterocycles. The van der Waals surface area contributed by atoms with E-state index in [0.29, 0.717) is 0 Å². The second kappa shape index (κ2) is 6.12. The second-order valence-electron chi connectivity index (χ2n) is 4.51. The Morgan fingerprint density at radius 2 is 2.17 bits per heavy atom. The lowest BCUT2D eigenvalue weighted by Crippen LogP contribution is -2.18. The van der Waals surface area contributed by atoms with Crippen LogP contribution in [0.5, 0.6) is 0 Å². The van der Waals surface area contributed by atoms with Gasteiger partial charge < -0.3 is 5.32 Å². The maximum absolute atomic E-state index is 13.3. The van der Waals surface area contributed by atoms with E-state index in [4.69, 9.17) is 0 Å². The molecule has 1 unspecified atom stereocenters. The highest BCUT2D eigenvalue weighted by Gasteiger charge is 2.12.